The lowest BCUT2D eigenvalue weighted by atomic mass is 10.1. The van der Waals surface area contributed by atoms with Gasteiger partial charge in [0.2, 0.25) is 5.43 Å². The minimum absolute atomic E-state index is 0.0255. The topological polar surface area (TPSA) is 132 Å². The number of halogens is 1. The molecule has 2 atom stereocenters. The molecule has 11 nitrogen and oxygen atoms in total. The number of hydrogen-bond donors (Lipinski definition) is 2. The molecule has 1 saturated heterocycles. The summed E-state index contributed by atoms with van der Waals surface area (Å²) in [6.07, 6.45) is 0.744. The number of amides is 1. The summed E-state index contributed by atoms with van der Waals surface area (Å²) in [4.78, 5) is 43.7. The van der Waals surface area contributed by atoms with Crippen molar-refractivity contribution in [2.75, 3.05) is 32.2 Å². The molecule has 2 N–H and O–H groups in total. The molecular formula is C29H33FN4O7. The first-order valence-corrected chi connectivity index (χ1v) is 13.2. The van der Waals surface area contributed by atoms with Gasteiger partial charge in [0.1, 0.15) is 28.3 Å². The van der Waals surface area contributed by atoms with Crippen LogP contribution in [-0.4, -0.2) is 65.7 Å². The van der Waals surface area contributed by atoms with Gasteiger partial charge >= 0.3 is 12.1 Å². The summed E-state index contributed by atoms with van der Waals surface area (Å²) < 4.78 is 33.4. The summed E-state index contributed by atoms with van der Waals surface area (Å²) in [7, 11) is 3.04. The Morgan fingerprint density at radius 1 is 1.17 bits per heavy atom. The van der Waals surface area contributed by atoms with Gasteiger partial charge in [0.05, 0.1) is 26.2 Å². The second kappa shape index (κ2) is 10.2. The van der Waals surface area contributed by atoms with Crippen LogP contribution in [0.5, 0.6) is 11.5 Å². The predicted molar refractivity (Wildman–Crippen MR) is 149 cm³/mol. The van der Waals surface area contributed by atoms with E-state index >= 15 is 4.39 Å². The Bertz CT molecular complexity index is 1600. The molecule has 0 bridgehead atoms. The fourth-order valence-electron chi connectivity index (χ4n) is 5.55. The Morgan fingerprint density at radius 3 is 2.44 bits per heavy atom. The molecule has 2 aromatic heterocycles. The molecule has 1 amide bonds. The van der Waals surface area contributed by atoms with Crippen molar-refractivity contribution in [1.29, 1.82) is 0 Å². The molecule has 3 aromatic rings. The average Bonchev–Trinajstić information content (AvgIpc) is 3.32. The van der Waals surface area contributed by atoms with Crippen LogP contribution < -0.4 is 25.1 Å². The lowest BCUT2D eigenvalue weighted by Gasteiger charge is -2.25. The van der Waals surface area contributed by atoms with E-state index in [2.05, 4.69) is 10.3 Å². The smallest absolute Gasteiger partial charge is 0.407 e. The number of piperidine rings is 1. The Morgan fingerprint density at radius 2 is 1.85 bits per heavy atom. The van der Waals surface area contributed by atoms with Gasteiger partial charge in [-0.25, -0.2) is 19.0 Å². The lowest BCUT2D eigenvalue weighted by molar-refractivity contribution is 0.0517. The van der Waals surface area contributed by atoms with Gasteiger partial charge in [-0.05, 0) is 39.8 Å². The number of carboxylic acid groups (broad SMARTS) is 1. The van der Waals surface area contributed by atoms with E-state index in [1.54, 1.807) is 43.9 Å². The first-order valence-electron chi connectivity index (χ1n) is 13.2. The number of rotatable bonds is 7. The SMILES string of the molecule is COc1ccc(Cn2cc(C(=O)O)c(=O)c3c(C)c(F)c(N4CC5C(C4)C5NC(=O)OC(C)(C)C)nc32)c(OC)c1. The summed E-state index contributed by atoms with van der Waals surface area (Å²) in [6.45, 7) is 7.87. The molecule has 2 aliphatic rings. The van der Waals surface area contributed by atoms with Crippen molar-refractivity contribution in [3.05, 3.63) is 57.1 Å². The third-order valence-corrected chi connectivity index (χ3v) is 7.61. The molecular weight excluding hydrogens is 535 g/mol. The van der Waals surface area contributed by atoms with Crippen LogP contribution in [0.4, 0.5) is 15.0 Å². The number of carbonyl (C=O) groups is 2. The van der Waals surface area contributed by atoms with Crippen molar-refractivity contribution in [1.82, 2.24) is 14.9 Å². The average molecular weight is 569 g/mol. The van der Waals surface area contributed by atoms with Gasteiger partial charge in [0.25, 0.3) is 0 Å². The number of carbonyl (C=O) groups excluding carboxylic acids is 1. The molecule has 1 aliphatic heterocycles. The number of aromatic nitrogens is 2. The maximum atomic E-state index is 15.8. The van der Waals surface area contributed by atoms with E-state index in [1.165, 1.54) is 31.9 Å². The van der Waals surface area contributed by atoms with Gasteiger partial charge in [-0.3, -0.25) is 4.79 Å². The standard InChI is InChI=1S/C29H33FN4O7/c1-14-21-24(35)19(27(36)37)13-33(10-15-7-8-16(39-5)9-20(15)40-6)25(21)32-26(22(14)30)34-11-17-18(12-34)23(17)31-28(38)41-29(2,3)4/h7-9,13,17-18,23H,10-12H2,1-6H3,(H,31,38)(H,36,37). The third kappa shape index (κ3) is 5.25. The number of anilines is 1. The van der Waals surface area contributed by atoms with Crippen molar-refractivity contribution < 1.29 is 33.3 Å². The van der Waals surface area contributed by atoms with Crippen LogP contribution in [0.2, 0.25) is 0 Å². The highest BCUT2D eigenvalue weighted by Gasteiger charge is 2.57. The summed E-state index contributed by atoms with van der Waals surface area (Å²) in [6, 6.07) is 5.14. The zero-order chi connectivity index (χ0) is 29.8. The Kier molecular flexibility index (Phi) is 7.04. The third-order valence-electron chi connectivity index (χ3n) is 7.61. The largest absolute Gasteiger partial charge is 0.497 e. The van der Waals surface area contributed by atoms with Crippen LogP contribution in [0, 0.1) is 24.6 Å². The number of nitrogens with one attached hydrogen (secondary N) is 1. The summed E-state index contributed by atoms with van der Waals surface area (Å²) in [5.74, 6) is -0.721. The fraction of sp³-hybridized carbons (Fsp3) is 0.448. The molecule has 5 rings (SSSR count). The summed E-state index contributed by atoms with van der Waals surface area (Å²) in [5, 5.41) is 12.5. The minimum atomic E-state index is -1.42. The van der Waals surface area contributed by atoms with Crippen molar-refractivity contribution in [3.63, 3.8) is 0 Å². The second-order valence-electron chi connectivity index (χ2n) is 11.5. The number of carboxylic acids is 1. The van der Waals surface area contributed by atoms with Gasteiger partial charge in [-0.15, -0.1) is 0 Å². The fourth-order valence-corrected chi connectivity index (χ4v) is 5.55. The van der Waals surface area contributed by atoms with Crippen LogP contribution >= 0.6 is 0 Å². The lowest BCUT2D eigenvalue weighted by Crippen LogP contribution is -2.38. The Hall–Kier alpha value is -4.35. The number of methoxy groups -OCH3 is 2. The number of nitrogens with zero attached hydrogens (tertiary/aromatic N) is 3. The Balaban J connectivity index is 1.50. The predicted octanol–water partition coefficient (Wildman–Crippen LogP) is 3.57. The first kappa shape index (κ1) is 28.2. The zero-order valence-electron chi connectivity index (χ0n) is 23.8. The van der Waals surface area contributed by atoms with Crippen LogP contribution in [0.1, 0.15) is 42.3 Å². The van der Waals surface area contributed by atoms with Gasteiger partial charge in [0, 0.05) is 54.4 Å². The monoisotopic (exact) mass is 568 g/mol. The molecule has 2 unspecified atom stereocenters. The van der Waals surface area contributed by atoms with Crippen molar-refractivity contribution in [3.8, 4) is 11.5 Å². The van der Waals surface area contributed by atoms with Gasteiger partial charge in [0.15, 0.2) is 11.6 Å². The highest BCUT2D eigenvalue weighted by atomic mass is 19.1. The molecule has 0 radical (unpaired) electrons. The number of aromatic carboxylic acids is 1. The quantitative estimate of drug-likeness (QED) is 0.439. The van der Waals surface area contributed by atoms with Crippen LogP contribution in [-0.2, 0) is 11.3 Å². The number of benzene rings is 1. The number of fused-ring (bicyclic) bond motifs is 2. The van der Waals surface area contributed by atoms with Crippen LogP contribution in [0.15, 0.2) is 29.2 Å². The molecule has 3 heterocycles. The zero-order valence-corrected chi connectivity index (χ0v) is 23.8. The number of aryl methyl sites for hydroxylation is 1. The highest BCUT2D eigenvalue weighted by molar-refractivity contribution is 5.93. The molecule has 1 aromatic carbocycles. The van der Waals surface area contributed by atoms with Gasteiger partial charge in [-0.2, -0.15) is 0 Å². The molecule has 12 heteroatoms. The normalized spacial score (nSPS) is 19.6. The summed E-state index contributed by atoms with van der Waals surface area (Å²) in [5.41, 5.74) is -1.03. The maximum Gasteiger partial charge on any atom is 0.407 e. The van der Waals surface area contributed by atoms with Crippen molar-refractivity contribution in [2.45, 2.75) is 45.9 Å². The molecule has 218 valence electrons. The van der Waals surface area contributed by atoms with Gasteiger partial charge in [-0.1, -0.05) is 0 Å². The van der Waals surface area contributed by atoms with Gasteiger partial charge < -0.3 is 34.1 Å². The van der Waals surface area contributed by atoms with E-state index < -0.39 is 34.5 Å². The van der Waals surface area contributed by atoms with E-state index in [-0.39, 0.29) is 46.8 Å². The van der Waals surface area contributed by atoms with E-state index in [9.17, 15) is 19.5 Å². The van der Waals surface area contributed by atoms with E-state index in [4.69, 9.17) is 14.2 Å². The van der Waals surface area contributed by atoms with Crippen molar-refractivity contribution >= 4 is 28.9 Å². The molecule has 1 saturated carbocycles. The first-order chi connectivity index (χ1) is 19.3. The number of alkyl carbamates (subject to hydrolysis) is 1. The number of pyridine rings is 2. The summed E-state index contributed by atoms with van der Waals surface area (Å²) >= 11 is 0. The van der Waals surface area contributed by atoms with E-state index in [0.29, 0.717) is 30.2 Å². The van der Waals surface area contributed by atoms with E-state index in [0.717, 1.165) is 0 Å². The molecule has 2 fully saturated rings. The maximum absolute atomic E-state index is 15.8. The second-order valence-corrected chi connectivity index (χ2v) is 11.5. The Labute approximate surface area is 235 Å². The van der Waals surface area contributed by atoms with Crippen LogP contribution in [0.25, 0.3) is 11.0 Å². The highest BCUT2D eigenvalue weighted by Crippen LogP contribution is 2.47. The molecule has 41 heavy (non-hydrogen) atoms. The molecule has 1 aliphatic carbocycles. The molecule has 0 spiro atoms. The van der Waals surface area contributed by atoms with Crippen molar-refractivity contribution in [2.24, 2.45) is 11.8 Å². The van der Waals surface area contributed by atoms with Crippen LogP contribution in [0.3, 0.4) is 0 Å². The number of ether oxygens (including phenoxy) is 3. The van der Waals surface area contributed by atoms with E-state index in [1.807, 2.05) is 0 Å². The number of hydrogen-bond acceptors (Lipinski definition) is 8. The minimum Gasteiger partial charge on any atom is -0.497 e.